The first kappa shape index (κ1) is 37.5. The molecule has 42 heavy (non-hydrogen) atoms. The Labute approximate surface area is 264 Å². The number of halogens is 2. The molecule has 1 fully saturated rings. The fourth-order valence-corrected chi connectivity index (χ4v) is 5.46. The highest BCUT2D eigenvalue weighted by Gasteiger charge is 2.16. The molecule has 0 aromatic heterocycles. The second kappa shape index (κ2) is 18.9. The molecule has 0 spiro atoms. The first-order valence-corrected chi connectivity index (χ1v) is 14.5. The molecule has 1 saturated heterocycles. The molecule has 2 aromatic rings. The van der Waals surface area contributed by atoms with Crippen LogP contribution in [0.15, 0.2) is 24.3 Å². The summed E-state index contributed by atoms with van der Waals surface area (Å²) < 4.78 is 11.6. The van der Waals surface area contributed by atoms with E-state index in [1.807, 2.05) is 27.7 Å². The van der Waals surface area contributed by atoms with E-state index in [1.165, 1.54) is 11.1 Å². The van der Waals surface area contributed by atoms with Crippen LogP contribution in [0.1, 0.15) is 46.2 Å². The lowest BCUT2D eigenvalue weighted by Gasteiger charge is -2.34. The monoisotopic (exact) mass is 624 g/mol. The van der Waals surface area contributed by atoms with Gasteiger partial charge in [-0.25, -0.2) is 0 Å². The number of hydrogen-bond donors (Lipinski definition) is 2. The van der Waals surface area contributed by atoms with E-state index in [0.29, 0.717) is 13.1 Å². The van der Waals surface area contributed by atoms with Crippen LogP contribution in [-0.4, -0.2) is 87.2 Å². The lowest BCUT2D eigenvalue weighted by Crippen LogP contribution is -2.47. The quantitative estimate of drug-likeness (QED) is 0.302. The summed E-state index contributed by atoms with van der Waals surface area (Å²) in [6.07, 6.45) is 1.84. The van der Waals surface area contributed by atoms with Crippen molar-refractivity contribution >= 4 is 36.6 Å². The average Bonchev–Trinajstić information content (AvgIpc) is 2.88. The molecule has 3 rings (SSSR count). The molecule has 1 aliphatic rings. The number of ether oxygens (including phenoxy) is 2. The highest BCUT2D eigenvalue weighted by Crippen LogP contribution is 2.25. The molecule has 8 nitrogen and oxygen atoms in total. The zero-order valence-corrected chi connectivity index (χ0v) is 27.8. The molecule has 0 saturated carbocycles. The summed E-state index contributed by atoms with van der Waals surface area (Å²) in [5.41, 5.74) is 6.63. The summed E-state index contributed by atoms with van der Waals surface area (Å²) in [6, 6.07) is 8.29. The van der Waals surface area contributed by atoms with Gasteiger partial charge >= 0.3 is 0 Å². The van der Waals surface area contributed by atoms with Gasteiger partial charge in [0.2, 0.25) is 0 Å². The van der Waals surface area contributed by atoms with Gasteiger partial charge in [-0.2, -0.15) is 0 Å². The smallest absolute Gasteiger partial charge is 0.257 e. The molecule has 2 aromatic carbocycles. The Morgan fingerprint density at radius 1 is 0.619 bits per heavy atom. The Morgan fingerprint density at radius 2 is 0.929 bits per heavy atom. The van der Waals surface area contributed by atoms with Crippen LogP contribution >= 0.6 is 24.8 Å². The number of amides is 2. The largest absolute Gasteiger partial charge is 0.483 e. The summed E-state index contributed by atoms with van der Waals surface area (Å²) in [6.45, 7) is 19.6. The number of rotatable bonds is 14. The maximum atomic E-state index is 12.2. The Bertz CT molecular complexity index is 1020. The van der Waals surface area contributed by atoms with Gasteiger partial charge in [0.1, 0.15) is 11.5 Å². The minimum absolute atomic E-state index is 0. The molecule has 0 radical (unpaired) electrons. The third-order valence-corrected chi connectivity index (χ3v) is 7.32. The molecule has 0 bridgehead atoms. The van der Waals surface area contributed by atoms with Gasteiger partial charge in [-0.3, -0.25) is 9.59 Å². The van der Waals surface area contributed by atoms with Gasteiger partial charge in [0.15, 0.2) is 13.2 Å². The topological polar surface area (TPSA) is 83.1 Å². The standard InChI is InChI=1S/C32H48N4O4.2ClH/c1-23-17-25(3)31(26(4)18-23)39-21-29(37)33-9-7-11-35-13-15-36(16-14-35)12-8-10-34-30(38)22-40-32-27(5)19-24(2)20-28(32)6;;/h17-20H,7-16,21-22H2,1-6H3,(H,33,37)(H,34,38);2*1H. The van der Waals surface area contributed by atoms with Crippen molar-refractivity contribution in [1.29, 1.82) is 0 Å². The van der Waals surface area contributed by atoms with E-state index in [-0.39, 0.29) is 49.8 Å². The highest BCUT2D eigenvalue weighted by atomic mass is 35.5. The third kappa shape index (κ3) is 12.4. The summed E-state index contributed by atoms with van der Waals surface area (Å²) in [5.74, 6) is 1.45. The molecule has 2 N–H and O–H groups in total. The van der Waals surface area contributed by atoms with E-state index < -0.39 is 0 Å². The van der Waals surface area contributed by atoms with E-state index in [4.69, 9.17) is 9.47 Å². The van der Waals surface area contributed by atoms with Crippen molar-refractivity contribution in [3.63, 3.8) is 0 Å². The molecule has 2 amide bonds. The van der Waals surface area contributed by atoms with Gasteiger partial charge in [0.05, 0.1) is 0 Å². The van der Waals surface area contributed by atoms with Gasteiger partial charge in [-0.1, -0.05) is 35.4 Å². The van der Waals surface area contributed by atoms with Crippen LogP contribution in [0, 0.1) is 41.5 Å². The van der Waals surface area contributed by atoms with Crippen molar-refractivity contribution in [3.8, 4) is 11.5 Å². The number of nitrogens with zero attached hydrogens (tertiary/aromatic N) is 2. The van der Waals surface area contributed by atoms with Crippen LogP contribution in [0.4, 0.5) is 0 Å². The van der Waals surface area contributed by atoms with Crippen molar-refractivity contribution < 1.29 is 19.1 Å². The normalized spacial score (nSPS) is 13.5. The lowest BCUT2D eigenvalue weighted by atomic mass is 10.1. The zero-order valence-electron chi connectivity index (χ0n) is 26.1. The molecule has 1 heterocycles. The third-order valence-electron chi connectivity index (χ3n) is 7.32. The molecular weight excluding hydrogens is 575 g/mol. The molecule has 0 aliphatic carbocycles. The van der Waals surface area contributed by atoms with Crippen molar-refractivity contribution in [2.45, 2.75) is 54.4 Å². The molecule has 0 unspecified atom stereocenters. The number of hydrogen-bond acceptors (Lipinski definition) is 6. The SMILES string of the molecule is Cc1cc(C)c(OCC(=O)NCCCN2CCN(CCCNC(=O)COc3c(C)cc(C)cc3C)CC2)c(C)c1.Cl.Cl. The number of aryl methyl sites for hydroxylation is 6. The molecule has 236 valence electrons. The van der Waals surface area contributed by atoms with Crippen LogP contribution in [0.2, 0.25) is 0 Å². The second-order valence-electron chi connectivity index (χ2n) is 11.1. The Balaban J connectivity index is 0.00000441. The van der Waals surface area contributed by atoms with Gasteiger partial charge in [0, 0.05) is 39.3 Å². The van der Waals surface area contributed by atoms with E-state index in [1.54, 1.807) is 0 Å². The number of piperazine rings is 1. The maximum absolute atomic E-state index is 12.2. The predicted octanol–water partition coefficient (Wildman–Crippen LogP) is 4.47. The van der Waals surface area contributed by atoms with Crippen molar-refractivity contribution in [2.24, 2.45) is 0 Å². The summed E-state index contributed by atoms with van der Waals surface area (Å²) in [4.78, 5) is 29.3. The molecular formula is C32H50Cl2N4O4. The Morgan fingerprint density at radius 3 is 1.24 bits per heavy atom. The molecule has 10 heteroatoms. The maximum Gasteiger partial charge on any atom is 0.257 e. The molecule has 1 aliphatic heterocycles. The van der Waals surface area contributed by atoms with E-state index in [0.717, 1.165) is 85.9 Å². The summed E-state index contributed by atoms with van der Waals surface area (Å²) >= 11 is 0. The van der Waals surface area contributed by atoms with Crippen LogP contribution in [-0.2, 0) is 9.59 Å². The highest BCUT2D eigenvalue weighted by molar-refractivity contribution is 5.85. The lowest BCUT2D eigenvalue weighted by molar-refractivity contribution is -0.123. The average molecular weight is 626 g/mol. The van der Waals surface area contributed by atoms with E-state index in [2.05, 4.69) is 58.5 Å². The Kier molecular flexibility index (Phi) is 16.9. The first-order chi connectivity index (χ1) is 19.1. The van der Waals surface area contributed by atoms with Crippen LogP contribution < -0.4 is 20.1 Å². The zero-order chi connectivity index (χ0) is 29.1. The minimum atomic E-state index is -0.0803. The van der Waals surface area contributed by atoms with Crippen molar-refractivity contribution in [1.82, 2.24) is 20.4 Å². The second-order valence-corrected chi connectivity index (χ2v) is 11.1. The van der Waals surface area contributed by atoms with E-state index >= 15 is 0 Å². The first-order valence-electron chi connectivity index (χ1n) is 14.5. The van der Waals surface area contributed by atoms with Gasteiger partial charge in [-0.15, -0.1) is 24.8 Å². The summed E-state index contributed by atoms with van der Waals surface area (Å²) in [5, 5.41) is 5.95. The van der Waals surface area contributed by atoms with Crippen LogP contribution in [0.5, 0.6) is 11.5 Å². The summed E-state index contributed by atoms with van der Waals surface area (Å²) in [7, 11) is 0. The van der Waals surface area contributed by atoms with Crippen LogP contribution in [0.25, 0.3) is 0 Å². The Hall–Kier alpha value is -2.52. The van der Waals surface area contributed by atoms with Crippen LogP contribution in [0.3, 0.4) is 0 Å². The fourth-order valence-electron chi connectivity index (χ4n) is 5.46. The van der Waals surface area contributed by atoms with E-state index in [9.17, 15) is 9.59 Å². The van der Waals surface area contributed by atoms with Gasteiger partial charge in [0.25, 0.3) is 11.8 Å². The van der Waals surface area contributed by atoms with Gasteiger partial charge < -0.3 is 29.9 Å². The van der Waals surface area contributed by atoms with Gasteiger partial charge in [-0.05, 0) is 89.7 Å². The van der Waals surface area contributed by atoms with Crippen molar-refractivity contribution in [3.05, 3.63) is 57.6 Å². The number of benzene rings is 2. The predicted molar refractivity (Wildman–Crippen MR) is 175 cm³/mol. The molecule has 0 atom stereocenters. The van der Waals surface area contributed by atoms with Crippen molar-refractivity contribution in [2.75, 3.05) is 65.6 Å². The number of nitrogens with one attached hydrogen (secondary N) is 2. The minimum Gasteiger partial charge on any atom is -0.483 e. The number of carbonyl (C=O) groups excluding carboxylic acids is 2. The number of carbonyl (C=O) groups is 2. The fraction of sp³-hybridized carbons (Fsp3) is 0.562.